The number of Topliss-reactive ketones (excluding diaryl/α,β-unsaturated/α-hetero) is 1. The van der Waals surface area contributed by atoms with Crippen molar-refractivity contribution in [3.8, 4) is 0 Å². The fourth-order valence-electron chi connectivity index (χ4n) is 2.66. The predicted octanol–water partition coefficient (Wildman–Crippen LogP) is 0.812. The minimum absolute atomic E-state index is 0.108. The van der Waals surface area contributed by atoms with Crippen LogP contribution in [0.5, 0.6) is 0 Å². The molecule has 0 aromatic carbocycles. The number of carbonyl (C=O) groups excluding carboxylic acids is 2. The van der Waals surface area contributed by atoms with Crippen molar-refractivity contribution in [3.63, 3.8) is 0 Å². The molecule has 17 heavy (non-hydrogen) atoms. The van der Waals surface area contributed by atoms with Crippen LogP contribution < -0.4 is 5.32 Å². The van der Waals surface area contributed by atoms with Gasteiger partial charge in [-0.25, -0.2) is 0 Å². The standard InChI is InChI=1S/C13H22N2O2/c1-13(2,3)11(16)8-15-6-4-5-9-10(15)7-14-12(9)17/h9-10H,4-8H2,1-3H3,(H,14,17). The Morgan fingerprint density at radius 1 is 1.47 bits per heavy atom. The van der Waals surface area contributed by atoms with Gasteiger partial charge < -0.3 is 5.32 Å². The summed E-state index contributed by atoms with van der Waals surface area (Å²) in [6.45, 7) is 8.00. The second kappa shape index (κ2) is 4.41. The van der Waals surface area contributed by atoms with Crippen molar-refractivity contribution in [1.82, 2.24) is 10.2 Å². The monoisotopic (exact) mass is 238 g/mol. The smallest absolute Gasteiger partial charge is 0.224 e. The molecule has 0 spiro atoms. The van der Waals surface area contributed by atoms with E-state index in [0.717, 1.165) is 19.4 Å². The van der Waals surface area contributed by atoms with Crippen molar-refractivity contribution in [2.24, 2.45) is 11.3 Å². The van der Waals surface area contributed by atoms with Crippen LogP contribution in [-0.4, -0.2) is 42.3 Å². The number of likely N-dealkylation sites (tertiary alicyclic amines) is 1. The van der Waals surface area contributed by atoms with Gasteiger partial charge in [-0.1, -0.05) is 20.8 Å². The number of nitrogens with one attached hydrogen (secondary N) is 1. The van der Waals surface area contributed by atoms with Gasteiger partial charge in [0, 0.05) is 18.0 Å². The van der Waals surface area contributed by atoms with Crippen LogP contribution in [0.15, 0.2) is 0 Å². The number of nitrogens with zero attached hydrogens (tertiary/aromatic N) is 1. The molecule has 2 aliphatic heterocycles. The van der Waals surface area contributed by atoms with Gasteiger partial charge in [0.05, 0.1) is 12.5 Å². The molecule has 96 valence electrons. The molecule has 2 rings (SSSR count). The Labute approximate surface area is 103 Å². The first-order valence-corrected chi connectivity index (χ1v) is 6.44. The number of fused-ring (bicyclic) bond motifs is 1. The average molecular weight is 238 g/mol. The lowest BCUT2D eigenvalue weighted by atomic mass is 9.87. The van der Waals surface area contributed by atoms with Gasteiger partial charge in [-0.3, -0.25) is 14.5 Å². The van der Waals surface area contributed by atoms with E-state index < -0.39 is 0 Å². The minimum Gasteiger partial charge on any atom is -0.354 e. The molecule has 2 aliphatic rings. The van der Waals surface area contributed by atoms with Gasteiger partial charge in [0.2, 0.25) is 5.91 Å². The highest BCUT2D eigenvalue weighted by Gasteiger charge is 2.41. The van der Waals surface area contributed by atoms with E-state index >= 15 is 0 Å². The molecule has 0 bridgehead atoms. The zero-order chi connectivity index (χ0) is 12.6. The fraction of sp³-hybridized carbons (Fsp3) is 0.846. The second-order valence-corrected chi connectivity index (χ2v) is 6.20. The molecule has 0 saturated carbocycles. The SMILES string of the molecule is CC(C)(C)C(=O)CN1CCCC2C(=O)NCC21. The van der Waals surface area contributed by atoms with Crippen molar-refractivity contribution in [2.45, 2.75) is 39.7 Å². The van der Waals surface area contributed by atoms with Crippen molar-refractivity contribution in [1.29, 1.82) is 0 Å². The summed E-state index contributed by atoms with van der Waals surface area (Å²) < 4.78 is 0. The van der Waals surface area contributed by atoms with E-state index in [1.807, 2.05) is 20.8 Å². The summed E-state index contributed by atoms with van der Waals surface area (Å²) >= 11 is 0. The Kier molecular flexibility index (Phi) is 3.25. The van der Waals surface area contributed by atoms with E-state index in [2.05, 4.69) is 10.2 Å². The molecule has 2 heterocycles. The van der Waals surface area contributed by atoms with Crippen LogP contribution in [0.4, 0.5) is 0 Å². The third-order valence-electron chi connectivity index (χ3n) is 3.90. The van der Waals surface area contributed by atoms with Crippen LogP contribution in [0.3, 0.4) is 0 Å². The topological polar surface area (TPSA) is 49.4 Å². The van der Waals surface area contributed by atoms with Gasteiger partial charge in [0.25, 0.3) is 0 Å². The van der Waals surface area contributed by atoms with Crippen LogP contribution >= 0.6 is 0 Å². The molecule has 2 atom stereocenters. The molecule has 0 aromatic rings. The summed E-state index contributed by atoms with van der Waals surface area (Å²) in [6.07, 6.45) is 1.99. The number of hydrogen-bond donors (Lipinski definition) is 1. The molecule has 4 nitrogen and oxygen atoms in total. The van der Waals surface area contributed by atoms with Crippen LogP contribution in [-0.2, 0) is 9.59 Å². The zero-order valence-electron chi connectivity index (χ0n) is 11.0. The van der Waals surface area contributed by atoms with E-state index in [0.29, 0.717) is 13.1 Å². The lowest BCUT2D eigenvalue weighted by molar-refractivity contribution is -0.130. The van der Waals surface area contributed by atoms with Crippen LogP contribution in [0.2, 0.25) is 0 Å². The molecule has 0 radical (unpaired) electrons. The van der Waals surface area contributed by atoms with Gasteiger partial charge in [-0.15, -0.1) is 0 Å². The quantitative estimate of drug-likeness (QED) is 0.774. The highest BCUT2D eigenvalue weighted by molar-refractivity contribution is 5.86. The Balaban J connectivity index is 2.02. The maximum absolute atomic E-state index is 12.1. The first-order chi connectivity index (χ1) is 7.89. The highest BCUT2D eigenvalue weighted by atomic mass is 16.2. The number of piperidine rings is 1. The van der Waals surface area contributed by atoms with E-state index in [1.165, 1.54) is 0 Å². The average Bonchev–Trinajstić information content (AvgIpc) is 2.60. The Morgan fingerprint density at radius 3 is 2.82 bits per heavy atom. The van der Waals surface area contributed by atoms with Gasteiger partial charge in [0.15, 0.2) is 5.78 Å². The number of hydrogen-bond acceptors (Lipinski definition) is 3. The first kappa shape index (κ1) is 12.6. The van der Waals surface area contributed by atoms with E-state index in [1.54, 1.807) is 0 Å². The highest BCUT2D eigenvalue weighted by Crippen LogP contribution is 2.28. The number of rotatable bonds is 2. The van der Waals surface area contributed by atoms with E-state index in [9.17, 15) is 9.59 Å². The molecule has 0 aliphatic carbocycles. The van der Waals surface area contributed by atoms with E-state index in [-0.39, 0.29) is 29.1 Å². The van der Waals surface area contributed by atoms with Crippen LogP contribution in [0, 0.1) is 11.3 Å². The summed E-state index contributed by atoms with van der Waals surface area (Å²) in [5.41, 5.74) is -0.289. The van der Waals surface area contributed by atoms with Crippen molar-refractivity contribution < 1.29 is 9.59 Å². The third-order valence-corrected chi connectivity index (χ3v) is 3.90. The largest absolute Gasteiger partial charge is 0.354 e. The van der Waals surface area contributed by atoms with Gasteiger partial charge in [-0.05, 0) is 19.4 Å². The lowest BCUT2D eigenvalue weighted by Crippen LogP contribution is -2.49. The summed E-state index contributed by atoms with van der Waals surface area (Å²) in [7, 11) is 0. The molecule has 2 saturated heterocycles. The summed E-state index contributed by atoms with van der Waals surface area (Å²) in [5.74, 6) is 0.539. The Bertz CT molecular complexity index is 333. The normalized spacial score (nSPS) is 29.9. The number of ketones is 1. The summed E-state index contributed by atoms with van der Waals surface area (Å²) in [6, 6.07) is 0.238. The van der Waals surface area contributed by atoms with Gasteiger partial charge in [0.1, 0.15) is 0 Å². The minimum atomic E-state index is -0.289. The Morgan fingerprint density at radius 2 is 2.18 bits per heavy atom. The number of amides is 1. The molecule has 4 heteroatoms. The Hall–Kier alpha value is -0.900. The van der Waals surface area contributed by atoms with E-state index in [4.69, 9.17) is 0 Å². The van der Waals surface area contributed by atoms with Crippen LogP contribution in [0.1, 0.15) is 33.6 Å². The maximum Gasteiger partial charge on any atom is 0.224 e. The molecular formula is C13H22N2O2. The first-order valence-electron chi connectivity index (χ1n) is 6.44. The maximum atomic E-state index is 12.1. The molecule has 1 N–H and O–H groups in total. The van der Waals surface area contributed by atoms with Crippen molar-refractivity contribution in [2.75, 3.05) is 19.6 Å². The van der Waals surface area contributed by atoms with Crippen molar-refractivity contribution in [3.05, 3.63) is 0 Å². The summed E-state index contributed by atoms with van der Waals surface area (Å²) in [5, 5.41) is 2.91. The fourth-order valence-corrected chi connectivity index (χ4v) is 2.66. The zero-order valence-corrected chi connectivity index (χ0v) is 11.0. The van der Waals surface area contributed by atoms with Crippen LogP contribution in [0.25, 0.3) is 0 Å². The predicted molar refractivity (Wildman–Crippen MR) is 65.6 cm³/mol. The van der Waals surface area contributed by atoms with Gasteiger partial charge >= 0.3 is 0 Å². The third kappa shape index (κ3) is 2.51. The molecule has 2 unspecified atom stereocenters. The lowest BCUT2D eigenvalue weighted by Gasteiger charge is -2.36. The second-order valence-electron chi connectivity index (χ2n) is 6.20. The van der Waals surface area contributed by atoms with Gasteiger partial charge in [-0.2, -0.15) is 0 Å². The molecule has 0 aromatic heterocycles. The molecule has 2 fully saturated rings. The molecule has 1 amide bonds. The number of carbonyl (C=O) groups is 2. The molecular weight excluding hydrogens is 216 g/mol. The summed E-state index contributed by atoms with van der Waals surface area (Å²) in [4.78, 5) is 25.9. The van der Waals surface area contributed by atoms with Crippen molar-refractivity contribution >= 4 is 11.7 Å².